The molecule has 9 heteroatoms. The number of ether oxygens (including phenoxy) is 1. The van der Waals surface area contributed by atoms with Gasteiger partial charge in [-0.3, -0.25) is 15.2 Å². The van der Waals surface area contributed by atoms with Crippen molar-refractivity contribution in [3.63, 3.8) is 0 Å². The fourth-order valence-corrected chi connectivity index (χ4v) is 2.71. The third-order valence-electron chi connectivity index (χ3n) is 3.67. The number of nitrogens with zero attached hydrogens (tertiary/aromatic N) is 4. The fourth-order valence-electron chi connectivity index (χ4n) is 2.46. The highest BCUT2D eigenvalue weighted by molar-refractivity contribution is 6.29. The molecule has 0 amide bonds. The summed E-state index contributed by atoms with van der Waals surface area (Å²) in [5.74, 6) is 1.33. The highest BCUT2D eigenvalue weighted by atomic mass is 35.5. The average Bonchev–Trinajstić information content (AvgIpc) is 3.09. The van der Waals surface area contributed by atoms with Crippen LogP contribution in [0.3, 0.4) is 0 Å². The number of aromatic amines is 1. The summed E-state index contributed by atoms with van der Waals surface area (Å²) in [5.41, 5.74) is 1.87. The molecule has 0 spiro atoms. The molecule has 0 aliphatic heterocycles. The SMILES string of the molecule is Cc1cc(-c2n[nH]c(-c3ccc(OCC(C)C)c([N+](=O)[O-])c3)n2)cc(Cl)n1. The third kappa shape index (κ3) is 4.40. The topological polar surface area (TPSA) is 107 Å². The lowest BCUT2D eigenvalue weighted by Gasteiger charge is -2.09. The molecule has 0 radical (unpaired) electrons. The Bertz CT molecular complexity index is 967. The minimum absolute atomic E-state index is 0.117. The molecule has 3 rings (SSSR count). The van der Waals surface area contributed by atoms with Crippen LogP contribution in [0.4, 0.5) is 5.69 Å². The molecule has 3 aromatic rings. The van der Waals surface area contributed by atoms with Gasteiger partial charge in [0, 0.05) is 22.9 Å². The molecule has 0 fully saturated rings. The van der Waals surface area contributed by atoms with Crippen LogP contribution in [0, 0.1) is 23.0 Å². The number of benzene rings is 1. The molecule has 1 N–H and O–H groups in total. The Kier molecular flexibility index (Phi) is 5.36. The number of H-pyrrole nitrogens is 1. The number of pyridine rings is 1. The summed E-state index contributed by atoms with van der Waals surface area (Å²) in [4.78, 5) is 19.5. The summed E-state index contributed by atoms with van der Waals surface area (Å²) < 4.78 is 5.54. The lowest BCUT2D eigenvalue weighted by Crippen LogP contribution is -2.06. The number of nitro groups is 1. The molecular formula is C18H18ClN5O3. The van der Waals surface area contributed by atoms with Crippen molar-refractivity contribution >= 4 is 17.3 Å². The standard InChI is InChI=1S/C18H18ClN5O3/c1-10(2)9-27-15-5-4-12(7-14(15)24(25)26)17-21-18(23-22-17)13-6-11(3)20-16(19)8-13/h4-8,10H,9H2,1-3H3,(H,21,22,23). The average molecular weight is 388 g/mol. The zero-order chi connectivity index (χ0) is 19.6. The molecule has 0 aliphatic rings. The number of nitrogens with one attached hydrogen (secondary N) is 1. The molecule has 0 saturated heterocycles. The van der Waals surface area contributed by atoms with Gasteiger partial charge in [-0.25, -0.2) is 9.97 Å². The lowest BCUT2D eigenvalue weighted by atomic mass is 10.1. The molecule has 0 aliphatic carbocycles. The molecular weight excluding hydrogens is 370 g/mol. The Hall–Kier alpha value is -3.00. The quantitative estimate of drug-likeness (QED) is 0.380. The van der Waals surface area contributed by atoms with Crippen molar-refractivity contribution in [1.29, 1.82) is 0 Å². The fraction of sp³-hybridized carbons (Fsp3) is 0.278. The summed E-state index contributed by atoms with van der Waals surface area (Å²) in [5, 5.41) is 18.7. The Morgan fingerprint density at radius 3 is 2.67 bits per heavy atom. The molecule has 0 unspecified atom stereocenters. The van der Waals surface area contributed by atoms with Crippen LogP contribution in [0.25, 0.3) is 22.8 Å². The molecule has 0 saturated carbocycles. The summed E-state index contributed by atoms with van der Waals surface area (Å²) in [6, 6.07) is 8.17. The molecule has 2 aromatic heterocycles. The Balaban J connectivity index is 1.94. The molecule has 140 valence electrons. The number of nitro benzene ring substituents is 1. The number of hydrogen-bond acceptors (Lipinski definition) is 6. The number of rotatable bonds is 6. The van der Waals surface area contributed by atoms with E-state index >= 15 is 0 Å². The second-order valence-corrected chi connectivity index (χ2v) is 6.86. The van der Waals surface area contributed by atoms with Gasteiger partial charge in [-0.15, -0.1) is 0 Å². The van der Waals surface area contributed by atoms with E-state index in [0.29, 0.717) is 34.5 Å². The van der Waals surface area contributed by atoms with Gasteiger partial charge in [0.25, 0.3) is 0 Å². The molecule has 0 bridgehead atoms. The van der Waals surface area contributed by atoms with Gasteiger partial charge in [0.15, 0.2) is 17.4 Å². The van der Waals surface area contributed by atoms with Crippen molar-refractivity contribution in [1.82, 2.24) is 20.2 Å². The van der Waals surface area contributed by atoms with E-state index in [9.17, 15) is 10.1 Å². The molecule has 8 nitrogen and oxygen atoms in total. The van der Waals surface area contributed by atoms with Gasteiger partial charge >= 0.3 is 5.69 Å². The zero-order valence-electron chi connectivity index (χ0n) is 15.1. The summed E-state index contributed by atoms with van der Waals surface area (Å²) >= 11 is 5.98. The van der Waals surface area contributed by atoms with Gasteiger partial charge in [0.1, 0.15) is 5.15 Å². The second kappa shape index (κ2) is 7.71. The minimum Gasteiger partial charge on any atom is -0.487 e. The van der Waals surface area contributed by atoms with E-state index in [-0.39, 0.29) is 17.4 Å². The van der Waals surface area contributed by atoms with Crippen LogP contribution >= 0.6 is 11.6 Å². The minimum atomic E-state index is -0.470. The zero-order valence-corrected chi connectivity index (χ0v) is 15.8. The van der Waals surface area contributed by atoms with E-state index < -0.39 is 4.92 Å². The van der Waals surface area contributed by atoms with E-state index in [0.717, 1.165) is 5.69 Å². The van der Waals surface area contributed by atoms with E-state index in [1.165, 1.54) is 6.07 Å². The summed E-state index contributed by atoms with van der Waals surface area (Å²) in [7, 11) is 0. The first-order valence-electron chi connectivity index (χ1n) is 8.32. The van der Waals surface area contributed by atoms with Gasteiger partial charge in [0.2, 0.25) is 0 Å². The van der Waals surface area contributed by atoms with Gasteiger partial charge in [-0.1, -0.05) is 25.4 Å². The predicted molar refractivity (Wildman–Crippen MR) is 102 cm³/mol. The second-order valence-electron chi connectivity index (χ2n) is 6.47. The van der Waals surface area contributed by atoms with Gasteiger partial charge < -0.3 is 4.74 Å². The molecule has 1 aromatic carbocycles. The number of aryl methyl sites for hydroxylation is 1. The molecule has 0 atom stereocenters. The first-order valence-corrected chi connectivity index (χ1v) is 8.70. The van der Waals surface area contributed by atoms with Gasteiger partial charge in [-0.2, -0.15) is 5.10 Å². The van der Waals surface area contributed by atoms with Crippen molar-refractivity contribution in [3.05, 3.63) is 51.3 Å². The Labute approximate surface area is 160 Å². The van der Waals surface area contributed by atoms with E-state index in [1.807, 2.05) is 26.8 Å². The van der Waals surface area contributed by atoms with Crippen molar-refractivity contribution in [3.8, 4) is 28.5 Å². The van der Waals surface area contributed by atoms with Crippen molar-refractivity contribution < 1.29 is 9.66 Å². The maximum absolute atomic E-state index is 11.4. The number of hydrogen-bond donors (Lipinski definition) is 1. The first-order chi connectivity index (χ1) is 12.8. The maximum atomic E-state index is 11.4. The van der Waals surface area contributed by atoms with Gasteiger partial charge in [0.05, 0.1) is 11.5 Å². The number of aromatic nitrogens is 4. The van der Waals surface area contributed by atoms with Crippen molar-refractivity contribution in [2.75, 3.05) is 6.61 Å². The smallest absolute Gasteiger partial charge is 0.311 e. The lowest BCUT2D eigenvalue weighted by molar-refractivity contribution is -0.385. The largest absolute Gasteiger partial charge is 0.487 e. The van der Waals surface area contributed by atoms with Crippen LogP contribution < -0.4 is 4.74 Å². The van der Waals surface area contributed by atoms with Crippen LogP contribution in [0.15, 0.2) is 30.3 Å². The van der Waals surface area contributed by atoms with Crippen LogP contribution in [0.2, 0.25) is 5.15 Å². The van der Waals surface area contributed by atoms with Gasteiger partial charge in [-0.05, 0) is 37.1 Å². The normalized spacial score (nSPS) is 11.0. The van der Waals surface area contributed by atoms with Crippen LogP contribution in [0.5, 0.6) is 5.75 Å². The van der Waals surface area contributed by atoms with Crippen molar-refractivity contribution in [2.24, 2.45) is 5.92 Å². The first kappa shape index (κ1) is 18.8. The predicted octanol–water partition coefficient (Wildman–Crippen LogP) is 4.44. The molecule has 27 heavy (non-hydrogen) atoms. The van der Waals surface area contributed by atoms with E-state index in [2.05, 4.69) is 20.2 Å². The molecule has 2 heterocycles. The highest BCUT2D eigenvalue weighted by Crippen LogP contribution is 2.32. The third-order valence-corrected chi connectivity index (χ3v) is 3.86. The maximum Gasteiger partial charge on any atom is 0.311 e. The Morgan fingerprint density at radius 2 is 2.00 bits per heavy atom. The highest BCUT2D eigenvalue weighted by Gasteiger charge is 2.19. The van der Waals surface area contributed by atoms with Crippen molar-refractivity contribution in [2.45, 2.75) is 20.8 Å². The summed E-state index contributed by atoms with van der Waals surface area (Å²) in [6.45, 7) is 6.17. The Morgan fingerprint density at radius 1 is 1.22 bits per heavy atom. The van der Waals surface area contributed by atoms with Crippen LogP contribution in [-0.4, -0.2) is 31.7 Å². The van der Waals surface area contributed by atoms with Crippen LogP contribution in [-0.2, 0) is 0 Å². The number of halogens is 1. The monoisotopic (exact) mass is 387 g/mol. The van der Waals surface area contributed by atoms with E-state index in [4.69, 9.17) is 16.3 Å². The van der Waals surface area contributed by atoms with Crippen LogP contribution in [0.1, 0.15) is 19.5 Å². The summed E-state index contributed by atoms with van der Waals surface area (Å²) in [6.07, 6.45) is 0. The van der Waals surface area contributed by atoms with E-state index in [1.54, 1.807) is 18.2 Å².